The molecular formula is C57H105NO8S. The summed E-state index contributed by atoms with van der Waals surface area (Å²) >= 11 is 1.46. The van der Waals surface area contributed by atoms with E-state index in [1.807, 2.05) is 30.3 Å². The highest BCUT2D eigenvalue weighted by Gasteiger charge is 2.45. The Morgan fingerprint density at radius 1 is 0.552 bits per heavy atom. The Balaban J connectivity index is 1.66. The number of amides is 1. The fourth-order valence-corrected chi connectivity index (χ4v) is 10.5. The number of hydrogen-bond donors (Lipinski definition) is 6. The molecule has 1 aromatic carbocycles. The number of carbonyl (C=O) groups is 1. The summed E-state index contributed by atoms with van der Waals surface area (Å²) in [6.45, 7) is 4.29. The molecule has 6 N–H and O–H groups in total. The molecule has 0 radical (unpaired) electrons. The van der Waals surface area contributed by atoms with Crippen molar-refractivity contribution >= 4 is 17.7 Å². The van der Waals surface area contributed by atoms with E-state index >= 15 is 0 Å². The molecule has 2 unspecified atom stereocenters. The van der Waals surface area contributed by atoms with E-state index in [4.69, 9.17) is 9.47 Å². The quantitative estimate of drug-likeness (QED) is 0.0277. The van der Waals surface area contributed by atoms with Gasteiger partial charge in [-0.05, 0) is 25.0 Å². The van der Waals surface area contributed by atoms with E-state index in [0.29, 0.717) is 18.6 Å². The first-order valence-electron chi connectivity index (χ1n) is 28.4. The van der Waals surface area contributed by atoms with Gasteiger partial charge >= 0.3 is 0 Å². The fraction of sp³-hybridized carbons (Fsp3) is 0.877. The summed E-state index contributed by atoms with van der Waals surface area (Å²) in [4.78, 5) is 14.2. The number of thioether (sulfide) groups is 1. The van der Waals surface area contributed by atoms with Crippen LogP contribution in [-0.4, -0.2) is 92.8 Å². The zero-order valence-corrected chi connectivity index (χ0v) is 44.0. The topological polar surface area (TPSA) is 149 Å². The number of unbranched alkanes of at least 4 members (excludes halogenated alkanes) is 34. The first kappa shape index (κ1) is 61.9. The van der Waals surface area contributed by atoms with E-state index in [1.54, 1.807) is 0 Å². The number of ether oxygens (including phenoxy) is 2. The molecule has 1 saturated heterocycles. The van der Waals surface area contributed by atoms with Crippen LogP contribution in [0.1, 0.15) is 258 Å². The number of nitrogens with one attached hydrogen (secondary N) is 1. The smallest absolute Gasteiger partial charge is 0.220 e. The first-order chi connectivity index (χ1) is 32.8. The molecule has 2 rings (SSSR count). The van der Waals surface area contributed by atoms with Crippen LogP contribution >= 0.6 is 11.8 Å². The molecule has 1 amide bonds. The van der Waals surface area contributed by atoms with Gasteiger partial charge in [-0.1, -0.05) is 257 Å². The lowest BCUT2D eigenvalue weighted by atomic mass is 9.98. The van der Waals surface area contributed by atoms with Gasteiger partial charge in [0.05, 0.1) is 24.9 Å². The van der Waals surface area contributed by atoms with Gasteiger partial charge in [0.25, 0.3) is 0 Å². The first-order valence-corrected chi connectivity index (χ1v) is 29.4. The Bertz CT molecular complexity index is 1230. The van der Waals surface area contributed by atoms with Crippen LogP contribution in [0.15, 0.2) is 35.2 Å². The minimum absolute atomic E-state index is 0.221. The van der Waals surface area contributed by atoms with Crippen LogP contribution in [0.5, 0.6) is 0 Å². The van der Waals surface area contributed by atoms with Crippen molar-refractivity contribution < 1.29 is 39.8 Å². The minimum Gasteiger partial charge on any atom is -0.390 e. The summed E-state index contributed by atoms with van der Waals surface area (Å²) in [5.41, 5.74) is 0. The normalized spacial score (nSPS) is 20.0. The largest absolute Gasteiger partial charge is 0.390 e. The maximum Gasteiger partial charge on any atom is 0.220 e. The Hall–Kier alpha value is -1.24. The van der Waals surface area contributed by atoms with Crippen molar-refractivity contribution in [1.29, 1.82) is 0 Å². The van der Waals surface area contributed by atoms with E-state index in [9.17, 15) is 30.3 Å². The van der Waals surface area contributed by atoms with Crippen LogP contribution in [0.4, 0.5) is 0 Å². The SMILES string of the molecule is CCCCCCCCCCCCCCCCCCCCCCCCCCC(=O)N[C@@H](CO[C@H]1OC(CSc2ccccc2)[C@H](O)[C@H](O)C1O)[C@H](O)[C@H](O)CCCCCCCCCCCCCC. The molecule has 9 nitrogen and oxygen atoms in total. The summed E-state index contributed by atoms with van der Waals surface area (Å²) in [6, 6.07) is 8.69. The number of carbonyl (C=O) groups excluding carboxylic acids is 1. The van der Waals surface area contributed by atoms with Crippen LogP contribution < -0.4 is 5.32 Å². The molecule has 0 spiro atoms. The highest BCUT2D eigenvalue weighted by Crippen LogP contribution is 2.28. The van der Waals surface area contributed by atoms with Crippen molar-refractivity contribution in [2.75, 3.05) is 12.4 Å². The van der Waals surface area contributed by atoms with Crippen LogP contribution in [0.3, 0.4) is 0 Å². The minimum atomic E-state index is -1.54. The van der Waals surface area contributed by atoms with Crippen LogP contribution in [0, 0.1) is 0 Å². The second kappa shape index (κ2) is 43.5. The molecule has 1 aliphatic rings. The molecule has 0 saturated carbocycles. The van der Waals surface area contributed by atoms with E-state index < -0.39 is 49.0 Å². The molecule has 8 atom stereocenters. The summed E-state index contributed by atoms with van der Waals surface area (Å²) in [5, 5.41) is 57.6. The fourth-order valence-electron chi connectivity index (χ4n) is 9.47. The standard InChI is InChI=1S/C57H105NO8S/c1-3-5-7-9-11-13-15-17-18-19-20-21-22-23-24-25-26-27-28-30-32-34-36-41-45-52(60)58-49(53(61)50(59)44-40-35-33-31-29-16-14-12-10-8-6-4-2)46-65-57-56(64)55(63)54(62)51(66-57)47-67-48-42-38-37-39-43-48/h37-39,42-43,49-51,53-57,59,61-64H,3-36,40-41,44-47H2,1-2H3,(H,58,60)/t49-,50+,51?,53-,54-,55-,56?,57-/m0/s1. The van der Waals surface area contributed by atoms with Gasteiger partial charge in [-0.25, -0.2) is 0 Å². The molecule has 1 aromatic rings. The second-order valence-corrected chi connectivity index (χ2v) is 21.4. The summed E-state index contributed by atoms with van der Waals surface area (Å²) < 4.78 is 11.9. The number of benzene rings is 1. The van der Waals surface area contributed by atoms with E-state index in [2.05, 4.69) is 19.2 Å². The second-order valence-electron chi connectivity index (χ2n) is 20.3. The van der Waals surface area contributed by atoms with Crippen LogP contribution in [0.25, 0.3) is 0 Å². The van der Waals surface area contributed by atoms with Crippen molar-refractivity contribution in [3.63, 3.8) is 0 Å². The van der Waals surface area contributed by atoms with Gasteiger partial charge in [0.2, 0.25) is 5.91 Å². The number of hydrogen-bond acceptors (Lipinski definition) is 9. The van der Waals surface area contributed by atoms with E-state index in [-0.39, 0.29) is 12.5 Å². The average Bonchev–Trinajstić information content (AvgIpc) is 3.33. The average molecular weight is 965 g/mol. The molecule has 1 heterocycles. The summed E-state index contributed by atoms with van der Waals surface area (Å²) in [6.07, 6.45) is 38.0. The number of rotatable bonds is 47. The monoisotopic (exact) mass is 964 g/mol. The van der Waals surface area contributed by atoms with Gasteiger partial charge in [-0.15, -0.1) is 11.8 Å². The van der Waals surface area contributed by atoms with Crippen molar-refractivity contribution in [2.45, 2.75) is 312 Å². The van der Waals surface area contributed by atoms with Gasteiger partial charge < -0.3 is 40.3 Å². The molecule has 1 fully saturated rings. The molecule has 0 aromatic heterocycles. The Morgan fingerprint density at radius 2 is 0.940 bits per heavy atom. The Kier molecular flexibility index (Phi) is 40.2. The lowest BCUT2D eigenvalue weighted by Gasteiger charge is -2.41. The van der Waals surface area contributed by atoms with Gasteiger partial charge in [-0.2, -0.15) is 0 Å². The van der Waals surface area contributed by atoms with Crippen LogP contribution in [-0.2, 0) is 14.3 Å². The molecule has 1 aliphatic heterocycles. The predicted molar refractivity (Wildman–Crippen MR) is 281 cm³/mol. The zero-order valence-electron chi connectivity index (χ0n) is 43.2. The van der Waals surface area contributed by atoms with Gasteiger partial charge in [-0.3, -0.25) is 4.79 Å². The Labute approximate surface area is 415 Å². The highest BCUT2D eigenvalue weighted by atomic mass is 32.2. The summed E-state index contributed by atoms with van der Waals surface area (Å²) in [7, 11) is 0. The maximum atomic E-state index is 13.2. The van der Waals surface area contributed by atoms with Crippen molar-refractivity contribution in [3.05, 3.63) is 30.3 Å². The predicted octanol–water partition coefficient (Wildman–Crippen LogP) is 13.7. The molecule has 67 heavy (non-hydrogen) atoms. The molecule has 10 heteroatoms. The lowest BCUT2D eigenvalue weighted by Crippen LogP contribution is -2.60. The lowest BCUT2D eigenvalue weighted by molar-refractivity contribution is -0.294. The molecular weight excluding hydrogens is 859 g/mol. The third-order valence-corrected chi connectivity index (χ3v) is 15.1. The molecule has 0 aliphatic carbocycles. The maximum absolute atomic E-state index is 13.2. The third kappa shape index (κ3) is 32.4. The molecule has 392 valence electrons. The number of aliphatic hydroxyl groups excluding tert-OH is 5. The van der Waals surface area contributed by atoms with Crippen LogP contribution in [0.2, 0.25) is 0 Å². The van der Waals surface area contributed by atoms with Crippen molar-refractivity contribution in [3.8, 4) is 0 Å². The highest BCUT2D eigenvalue weighted by molar-refractivity contribution is 7.99. The van der Waals surface area contributed by atoms with Gasteiger partial charge in [0.1, 0.15) is 24.4 Å². The number of aliphatic hydroxyl groups is 5. The van der Waals surface area contributed by atoms with E-state index in [0.717, 1.165) is 43.4 Å². The zero-order chi connectivity index (χ0) is 48.4. The van der Waals surface area contributed by atoms with Gasteiger partial charge in [0.15, 0.2) is 6.29 Å². The summed E-state index contributed by atoms with van der Waals surface area (Å²) in [5.74, 6) is 0.0938. The Morgan fingerprint density at radius 3 is 1.36 bits per heavy atom. The van der Waals surface area contributed by atoms with Gasteiger partial charge in [0, 0.05) is 17.1 Å². The van der Waals surface area contributed by atoms with E-state index in [1.165, 1.54) is 204 Å². The van der Waals surface area contributed by atoms with Crippen molar-refractivity contribution in [1.82, 2.24) is 5.32 Å². The third-order valence-electron chi connectivity index (χ3n) is 14.0. The van der Waals surface area contributed by atoms with Crippen molar-refractivity contribution in [2.24, 2.45) is 0 Å². The molecule has 0 bridgehead atoms.